The standard InChI is InChI=1S/C6H7NO2.C3H5NO/c1-3-9-6(8)5(2)4-7;1-2-3(4)5/h2-3H2,1H3;2H,1H2,(H2,4,5). The zero-order valence-corrected chi connectivity index (χ0v) is 7.95. The molecule has 0 fully saturated rings. The van der Waals surface area contributed by atoms with Crippen molar-refractivity contribution in [2.45, 2.75) is 6.92 Å². The summed E-state index contributed by atoms with van der Waals surface area (Å²) >= 11 is 0. The van der Waals surface area contributed by atoms with Crippen molar-refractivity contribution < 1.29 is 14.3 Å². The monoisotopic (exact) mass is 196 g/mol. The zero-order valence-electron chi connectivity index (χ0n) is 7.95. The minimum Gasteiger partial charge on any atom is -0.462 e. The molecular weight excluding hydrogens is 184 g/mol. The summed E-state index contributed by atoms with van der Waals surface area (Å²) in [7, 11) is 0. The van der Waals surface area contributed by atoms with Gasteiger partial charge in [-0.2, -0.15) is 5.26 Å². The number of ether oxygens (including phenoxy) is 1. The van der Waals surface area contributed by atoms with Gasteiger partial charge in [0, 0.05) is 0 Å². The molecule has 0 heterocycles. The summed E-state index contributed by atoms with van der Waals surface area (Å²) in [6.07, 6.45) is 1.06. The van der Waals surface area contributed by atoms with Crippen LogP contribution in [0.15, 0.2) is 24.8 Å². The number of esters is 1. The molecule has 0 saturated carbocycles. The number of hydrogen-bond acceptors (Lipinski definition) is 4. The zero-order chi connectivity index (χ0) is 11.6. The van der Waals surface area contributed by atoms with E-state index in [9.17, 15) is 9.59 Å². The third-order valence-corrected chi connectivity index (χ3v) is 0.858. The second kappa shape index (κ2) is 9.00. The van der Waals surface area contributed by atoms with Gasteiger partial charge in [0.15, 0.2) is 0 Å². The lowest BCUT2D eigenvalue weighted by molar-refractivity contribution is -0.138. The summed E-state index contributed by atoms with van der Waals surface area (Å²) in [6, 6.07) is 1.58. The Balaban J connectivity index is 0. The number of nitrogens with zero attached hydrogens (tertiary/aromatic N) is 1. The maximum absolute atomic E-state index is 10.4. The summed E-state index contributed by atoms with van der Waals surface area (Å²) in [6.45, 7) is 8.19. The fourth-order valence-corrected chi connectivity index (χ4v) is 0.264. The first-order valence-corrected chi connectivity index (χ1v) is 3.67. The molecule has 0 radical (unpaired) electrons. The number of amides is 1. The Labute approximate surface area is 82.5 Å². The molecule has 0 aromatic heterocycles. The van der Waals surface area contributed by atoms with Gasteiger partial charge in [0.05, 0.1) is 6.61 Å². The lowest BCUT2D eigenvalue weighted by Gasteiger charge is -1.95. The topological polar surface area (TPSA) is 93.2 Å². The van der Waals surface area contributed by atoms with Gasteiger partial charge in [-0.25, -0.2) is 4.79 Å². The highest BCUT2D eigenvalue weighted by atomic mass is 16.5. The molecular formula is C9H12N2O3. The van der Waals surface area contributed by atoms with Crippen LogP contribution in [0.25, 0.3) is 0 Å². The first-order chi connectivity index (χ1) is 6.49. The minimum absolute atomic E-state index is 0.156. The molecule has 0 aliphatic rings. The quantitative estimate of drug-likeness (QED) is 0.398. The van der Waals surface area contributed by atoms with Crippen molar-refractivity contribution in [1.82, 2.24) is 0 Å². The van der Waals surface area contributed by atoms with E-state index >= 15 is 0 Å². The molecule has 0 bridgehead atoms. The van der Waals surface area contributed by atoms with Gasteiger partial charge < -0.3 is 10.5 Å². The van der Waals surface area contributed by atoms with Crippen LogP contribution in [0.1, 0.15) is 6.92 Å². The molecule has 0 aromatic rings. The highest BCUT2D eigenvalue weighted by Gasteiger charge is 2.03. The average Bonchev–Trinajstić information content (AvgIpc) is 2.17. The lowest BCUT2D eigenvalue weighted by Crippen LogP contribution is -2.04. The number of nitrogens with two attached hydrogens (primary N) is 1. The fraction of sp³-hybridized carbons (Fsp3) is 0.222. The molecule has 0 aromatic carbocycles. The molecule has 0 spiro atoms. The van der Waals surface area contributed by atoms with Crippen molar-refractivity contribution >= 4 is 11.9 Å². The Kier molecular flexibility index (Phi) is 9.28. The number of carbonyl (C=O) groups excluding carboxylic acids is 2. The Morgan fingerprint density at radius 3 is 2.29 bits per heavy atom. The van der Waals surface area contributed by atoms with E-state index in [-0.39, 0.29) is 12.2 Å². The van der Waals surface area contributed by atoms with Gasteiger partial charge in [-0.1, -0.05) is 13.2 Å². The predicted molar refractivity (Wildman–Crippen MR) is 50.8 cm³/mol. The van der Waals surface area contributed by atoms with Crippen molar-refractivity contribution in [2.75, 3.05) is 6.61 Å². The van der Waals surface area contributed by atoms with E-state index in [2.05, 4.69) is 23.6 Å². The van der Waals surface area contributed by atoms with Crippen LogP contribution >= 0.6 is 0 Å². The molecule has 0 saturated heterocycles. The molecule has 0 unspecified atom stereocenters. The molecule has 0 rings (SSSR count). The Bertz CT molecular complexity index is 276. The van der Waals surface area contributed by atoms with Crippen molar-refractivity contribution in [3.05, 3.63) is 24.8 Å². The number of carbonyl (C=O) groups is 2. The number of nitriles is 1. The third kappa shape index (κ3) is 9.91. The van der Waals surface area contributed by atoms with E-state index in [4.69, 9.17) is 5.26 Å². The highest BCUT2D eigenvalue weighted by Crippen LogP contribution is 1.90. The number of primary amides is 1. The first kappa shape index (κ1) is 14.4. The summed E-state index contributed by atoms with van der Waals surface area (Å²) in [4.78, 5) is 19.9. The van der Waals surface area contributed by atoms with Crippen molar-refractivity contribution in [3.8, 4) is 6.07 Å². The van der Waals surface area contributed by atoms with Crippen LogP contribution in [-0.2, 0) is 14.3 Å². The normalized spacial score (nSPS) is 7.14. The summed E-state index contributed by atoms with van der Waals surface area (Å²) in [5, 5.41) is 8.08. The number of rotatable bonds is 3. The van der Waals surface area contributed by atoms with E-state index < -0.39 is 11.9 Å². The molecule has 0 aliphatic heterocycles. The third-order valence-electron chi connectivity index (χ3n) is 0.858. The summed E-state index contributed by atoms with van der Waals surface area (Å²) in [5.41, 5.74) is 4.38. The molecule has 5 nitrogen and oxygen atoms in total. The van der Waals surface area contributed by atoms with Crippen LogP contribution in [0.3, 0.4) is 0 Å². The maximum Gasteiger partial charge on any atom is 0.348 e. The van der Waals surface area contributed by atoms with Gasteiger partial charge in [0.1, 0.15) is 11.6 Å². The van der Waals surface area contributed by atoms with E-state index in [0.29, 0.717) is 0 Å². The second-order valence-electron chi connectivity index (χ2n) is 1.92. The van der Waals surface area contributed by atoms with E-state index in [1.807, 2.05) is 0 Å². The van der Waals surface area contributed by atoms with Gasteiger partial charge in [-0.15, -0.1) is 0 Å². The van der Waals surface area contributed by atoms with Crippen molar-refractivity contribution in [2.24, 2.45) is 5.73 Å². The van der Waals surface area contributed by atoms with Crippen LogP contribution in [0.2, 0.25) is 0 Å². The second-order valence-corrected chi connectivity index (χ2v) is 1.92. The summed E-state index contributed by atoms with van der Waals surface area (Å²) < 4.78 is 4.43. The minimum atomic E-state index is -0.639. The predicted octanol–water partition coefficient (Wildman–Crippen LogP) is 0.287. The molecule has 5 heteroatoms. The van der Waals surface area contributed by atoms with Crippen LogP contribution in [-0.4, -0.2) is 18.5 Å². The van der Waals surface area contributed by atoms with E-state index in [1.165, 1.54) is 0 Å². The first-order valence-electron chi connectivity index (χ1n) is 3.67. The largest absolute Gasteiger partial charge is 0.462 e. The van der Waals surface area contributed by atoms with Gasteiger partial charge in [0.2, 0.25) is 5.91 Å². The van der Waals surface area contributed by atoms with E-state index in [1.54, 1.807) is 13.0 Å². The van der Waals surface area contributed by atoms with Crippen LogP contribution < -0.4 is 5.73 Å². The molecule has 1 amide bonds. The van der Waals surface area contributed by atoms with Crippen LogP contribution in [0, 0.1) is 11.3 Å². The van der Waals surface area contributed by atoms with Crippen LogP contribution in [0.4, 0.5) is 0 Å². The summed E-state index contributed by atoms with van der Waals surface area (Å²) in [5.74, 6) is -1.12. The van der Waals surface area contributed by atoms with Gasteiger partial charge >= 0.3 is 5.97 Å². The Hall–Kier alpha value is -2.09. The molecule has 14 heavy (non-hydrogen) atoms. The number of hydrogen-bond donors (Lipinski definition) is 1. The van der Waals surface area contributed by atoms with Gasteiger partial charge in [-0.3, -0.25) is 4.79 Å². The lowest BCUT2D eigenvalue weighted by atomic mass is 10.3. The van der Waals surface area contributed by atoms with Crippen molar-refractivity contribution in [1.29, 1.82) is 5.26 Å². The Morgan fingerprint density at radius 2 is 2.07 bits per heavy atom. The fourth-order valence-electron chi connectivity index (χ4n) is 0.264. The molecule has 76 valence electrons. The Morgan fingerprint density at radius 1 is 1.64 bits per heavy atom. The van der Waals surface area contributed by atoms with Gasteiger partial charge in [-0.05, 0) is 13.0 Å². The molecule has 0 atom stereocenters. The maximum atomic E-state index is 10.4. The van der Waals surface area contributed by atoms with E-state index in [0.717, 1.165) is 6.08 Å². The highest BCUT2D eigenvalue weighted by molar-refractivity contribution is 5.91. The molecule has 0 aliphatic carbocycles. The SMILES string of the molecule is C=C(C#N)C(=O)OCC.C=CC(N)=O. The van der Waals surface area contributed by atoms with Crippen molar-refractivity contribution in [3.63, 3.8) is 0 Å². The van der Waals surface area contributed by atoms with Gasteiger partial charge in [0.25, 0.3) is 0 Å². The average molecular weight is 196 g/mol. The molecule has 2 N–H and O–H groups in total. The van der Waals surface area contributed by atoms with Crippen LogP contribution in [0.5, 0.6) is 0 Å². The smallest absolute Gasteiger partial charge is 0.348 e.